The molecule has 21 heavy (non-hydrogen) atoms. The van der Waals surface area contributed by atoms with E-state index >= 15 is 0 Å². The molecule has 1 aliphatic rings. The van der Waals surface area contributed by atoms with Crippen LogP contribution in [-0.2, 0) is 6.54 Å². The molecule has 1 fully saturated rings. The van der Waals surface area contributed by atoms with E-state index in [1.165, 1.54) is 5.56 Å². The summed E-state index contributed by atoms with van der Waals surface area (Å²) >= 11 is 0. The predicted molar refractivity (Wildman–Crippen MR) is 88.8 cm³/mol. The number of nitrogens with zero attached hydrogens (tertiary/aromatic N) is 1. The number of ether oxygens (including phenoxy) is 1. The Kier molecular flexibility index (Phi) is 4.95. The van der Waals surface area contributed by atoms with E-state index in [-0.39, 0.29) is 11.1 Å². The third kappa shape index (κ3) is 3.58. The quantitative estimate of drug-likeness (QED) is 0.899. The molecular formula is C18H30N2O. The summed E-state index contributed by atoms with van der Waals surface area (Å²) in [5.74, 6) is 0.927. The van der Waals surface area contributed by atoms with Crippen LogP contribution in [0, 0.1) is 0 Å². The topological polar surface area (TPSA) is 24.5 Å². The zero-order valence-corrected chi connectivity index (χ0v) is 14.2. The summed E-state index contributed by atoms with van der Waals surface area (Å²) in [4.78, 5) is 2.65. The molecule has 2 rings (SSSR count). The maximum absolute atomic E-state index is 5.25. The summed E-state index contributed by atoms with van der Waals surface area (Å²) in [5, 5.41) is 3.76. The largest absolute Gasteiger partial charge is 0.497 e. The lowest BCUT2D eigenvalue weighted by Gasteiger charge is -2.52. The van der Waals surface area contributed by atoms with Crippen molar-refractivity contribution in [3.05, 3.63) is 29.8 Å². The molecule has 0 amide bonds. The van der Waals surface area contributed by atoms with Gasteiger partial charge in [0.05, 0.1) is 7.11 Å². The van der Waals surface area contributed by atoms with Crippen molar-refractivity contribution in [3.63, 3.8) is 0 Å². The van der Waals surface area contributed by atoms with Gasteiger partial charge in [-0.25, -0.2) is 0 Å². The van der Waals surface area contributed by atoms with Gasteiger partial charge in [-0.05, 0) is 44.4 Å². The maximum Gasteiger partial charge on any atom is 0.118 e. The first-order chi connectivity index (χ1) is 9.94. The van der Waals surface area contributed by atoms with Crippen LogP contribution in [0.25, 0.3) is 0 Å². The van der Waals surface area contributed by atoms with Gasteiger partial charge in [0.25, 0.3) is 0 Å². The monoisotopic (exact) mass is 290 g/mol. The standard InChI is InChI=1S/C18H30N2O/c1-6-17(3)14-20(18(4,7-2)13-19-17)12-15-8-10-16(21-5)11-9-15/h8-11,19H,6-7,12-14H2,1-5H3. The van der Waals surface area contributed by atoms with Crippen molar-refractivity contribution < 1.29 is 4.74 Å². The van der Waals surface area contributed by atoms with Crippen molar-refractivity contribution in [2.75, 3.05) is 20.2 Å². The molecule has 1 aliphatic heterocycles. The van der Waals surface area contributed by atoms with Crippen molar-refractivity contribution in [3.8, 4) is 5.75 Å². The second-order valence-corrected chi connectivity index (χ2v) is 6.82. The van der Waals surface area contributed by atoms with Gasteiger partial charge in [0.15, 0.2) is 0 Å². The lowest BCUT2D eigenvalue weighted by atomic mass is 9.85. The second-order valence-electron chi connectivity index (χ2n) is 6.82. The average molecular weight is 290 g/mol. The number of hydrogen-bond donors (Lipinski definition) is 1. The lowest BCUT2D eigenvalue weighted by Crippen LogP contribution is -2.67. The van der Waals surface area contributed by atoms with Crippen LogP contribution in [0.5, 0.6) is 5.75 Å². The van der Waals surface area contributed by atoms with Gasteiger partial charge in [0, 0.05) is 30.7 Å². The van der Waals surface area contributed by atoms with Gasteiger partial charge in [-0.1, -0.05) is 26.0 Å². The molecule has 1 aromatic rings. The van der Waals surface area contributed by atoms with Crippen molar-refractivity contribution in [2.45, 2.75) is 58.2 Å². The highest BCUT2D eigenvalue weighted by atomic mass is 16.5. The molecule has 0 saturated carbocycles. The van der Waals surface area contributed by atoms with Crippen LogP contribution in [0.15, 0.2) is 24.3 Å². The fourth-order valence-electron chi connectivity index (χ4n) is 2.97. The summed E-state index contributed by atoms with van der Waals surface area (Å²) in [5.41, 5.74) is 1.81. The van der Waals surface area contributed by atoms with Crippen molar-refractivity contribution >= 4 is 0 Å². The van der Waals surface area contributed by atoms with Crippen LogP contribution in [0.3, 0.4) is 0 Å². The van der Waals surface area contributed by atoms with Gasteiger partial charge < -0.3 is 10.1 Å². The SMILES string of the molecule is CCC1(C)CN(Cc2ccc(OC)cc2)C(C)(CC)CN1. The Bertz CT molecular complexity index is 459. The third-order valence-corrected chi connectivity index (χ3v) is 5.27. The van der Waals surface area contributed by atoms with E-state index in [1.807, 2.05) is 0 Å². The van der Waals surface area contributed by atoms with Crippen LogP contribution < -0.4 is 10.1 Å². The Labute approximate surface area is 129 Å². The fraction of sp³-hybridized carbons (Fsp3) is 0.667. The number of rotatable bonds is 5. The first-order valence-corrected chi connectivity index (χ1v) is 8.08. The molecule has 1 aromatic carbocycles. The predicted octanol–water partition coefficient (Wildman–Crippen LogP) is 3.44. The van der Waals surface area contributed by atoms with Crippen molar-refractivity contribution in [1.82, 2.24) is 10.2 Å². The van der Waals surface area contributed by atoms with Crippen LogP contribution in [0.2, 0.25) is 0 Å². The minimum atomic E-state index is 0.223. The molecular weight excluding hydrogens is 260 g/mol. The van der Waals surface area contributed by atoms with Gasteiger partial charge in [0.2, 0.25) is 0 Å². The number of methoxy groups -OCH3 is 1. The fourth-order valence-corrected chi connectivity index (χ4v) is 2.97. The number of hydrogen-bond acceptors (Lipinski definition) is 3. The number of piperazine rings is 1. The molecule has 0 aromatic heterocycles. The number of nitrogens with one attached hydrogen (secondary N) is 1. The molecule has 2 atom stereocenters. The summed E-state index contributed by atoms with van der Waals surface area (Å²) < 4.78 is 5.25. The smallest absolute Gasteiger partial charge is 0.118 e. The van der Waals surface area contributed by atoms with Gasteiger partial charge in [0.1, 0.15) is 5.75 Å². The number of benzene rings is 1. The van der Waals surface area contributed by atoms with Crippen LogP contribution in [-0.4, -0.2) is 36.2 Å². The molecule has 0 spiro atoms. The first kappa shape index (κ1) is 16.3. The van der Waals surface area contributed by atoms with E-state index in [0.717, 1.165) is 38.2 Å². The second kappa shape index (κ2) is 6.37. The molecule has 3 heteroatoms. The summed E-state index contributed by atoms with van der Waals surface area (Å²) in [6.07, 6.45) is 2.32. The normalized spacial score (nSPS) is 30.3. The molecule has 1 heterocycles. The Hall–Kier alpha value is -1.06. The lowest BCUT2D eigenvalue weighted by molar-refractivity contribution is 0.0104. The van der Waals surface area contributed by atoms with E-state index in [4.69, 9.17) is 4.74 Å². The summed E-state index contributed by atoms with van der Waals surface area (Å²) in [7, 11) is 1.71. The van der Waals surface area contributed by atoms with E-state index in [9.17, 15) is 0 Å². The van der Waals surface area contributed by atoms with Crippen LogP contribution in [0.1, 0.15) is 46.1 Å². The molecule has 0 aliphatic carbocycles. The van der Waals surface area contributed by atoms with Gasteiger partial charge in [-0.3, -0.25) is 4.90 Å². The van der Waals surface area contributed by atoms with E-state index < -0.39 is 0 Å². The minimum absolute atomic E-state index is 0.223. The molecule has 118 valence electrons. The highest BCUT2D eigenvalue weighted by molar-refractivity contribution is 5.27. The molecule has 1 saturated heterocycles. The van der Waals surface area contributed by atoms with E-state index in [1.54, 1.807) is 7.11 Å². The van der Waals surface area contributed by atoms with Gasteiger partial charge in [-0.15, -0.1) is 0 Å². The van der Waals surface area contributed by atoms with Gasteiger partial charge >= 0.3 is 0 Å². The minimum Gasteiger partial charge on any atom is -0.497 e. The van der Waals surface area contributed by atoms with Gasteiger partial charge in [-0.2, -0.15) is 0 Å². The maximum atomic E-state index is 5.25. The molecule has 1 N–H and O–H groups in total. The Morgan fingerprint density at radius 3 is 2.33 bits per heavy atom. The third-order valence-electron chi connectivity index (χ3n) is 5.27. The van der Waals surface area contributed by atoms with Crippen molar-refractivity contribution in [1.29, 1.82) is 0 Å². The zero-order chi connectivity index (χ0) is 15.5. The zero-order valence-electron chi connectivity index (χ0n) is 14.2. The van der Waals surface area contributed by atoms with E-state index in [0.29, 0.717) is 0 Å². The van der Waals surface area contributed by atoms with Crippen LogP contribution >= 0.6 is 0 Å². The molecule has 0 bridgehead atoms. The first-order valence-electron chi connectivity index (χ1n) is 8.08. The average Bonchev–Trinajstić information content (AvgIpc) is 2.52. The Morgan fingerprint density at radius 1 is 1.14 bits per heavy atom. The molecule has 2 unspecified atom stereocenters. The van der Waals surface area contributed by atoms with Crippen molar-refractivity contribution in [2.24, 2.45) is 0 Å². The Balaban J connectivity index is 2.15. The molecule has 0 radical (unpaired) electrons. The summed E-state index contributed by atoms with van der Waals surface area (Å²) in [6.45, 7) is 12.4. The highest BCUT2D eigenvalue weighted by Gasteiger charge is 2.40. The summed E-state index contributed by atoms with van der Waals surface area (Å²) in [6, 6.07) is 8.47. The Morgan fingerprint density at radius 2 is 1.81 bits per heavy atom. The van der Waals surface area contributed by atoms with Crippen LogP contribution in [0.4, 0.5) is 0 Å². The highest BCUT2D eigenvalue weighted by Crippen LogP contribution is 2.30. The van der Waals surface area contributed by atoms with E-state index in [2.05, 4.69) is 62.2 Å². The molecule has 3 nitrogen and oxygen atoms in total.